The van der Waals surface area contributed by atoms with Crippen LogP contribution in [0.25, 0.3) is 10.9 Å². The van der Waals surface area contributed by atoms with Gasteiger partial charge in [-0.25, -0.2) is 4.39 Å². The Labute approximate surface area is 138 Å². The van der Waals surface area contributed by atoms with Crippen LogP contribution in [0.5, 0.6) is 0 Å². The van der Waals surface area contributed by atoms with E-state index in [4.69, 9.17) is 0 Å². The molecule has 2 aromatic rings. The molecule has 0 aliphatic rings. The first-order valence-electron chi connectivity index (χ1n) is 8.58. The van der Waals surface area contributed by atoms with Gasteiger partial charge >= 0.3 is 0 Å². The Morgan fingerprint density at radius 1 is 1.26 bits per heavy atom. The third-order valence-electron chi connectivity index (χ3n) is 4.42. The number of fused-ring (bicyclic) bond motifs is 1. The number of anilines is 1. The van der Waals surface area contributed by atoms with E-state index in [-0.39, 0.29) is 5.82 Å². The molecule has 0 aliphatic carbocycles. The number of nitrogens with zero attached hydrogens (tertiary/aromatic N) is 2. The molecule has 126 valence electrons. The predicted molar refractivity (Wildman–Crippen MR) is 96.5 cm³/mol. The zero-order valence-electron chi connectivity index (χ0n) is 14.7. The number of hydrogen-bond donors (Lipinski definition) is 1. The molecular formula is C19H28FN3. The molecule has 1 heterocycles. The van der Waals surface area contributed by atoms with Crippen molar-refractivity contribution in [3.05, 3.63) is 35.8 Å². The van der Waals surface area contributed by atoms with Crippen molar-refractivity contribution in [1.82, 2.24) is 9.88 Å². The third-order valence-corrected chi connectivity index (χ3v) is 4.42. The quantitative estimate of drug-likeness (QED) is 0.771. The number of pyridine rings is 1. The van der Waals surface area contributed by atoms with Crippen LogP contribution in [0.1, 0.15) is 39.2 Å². The molecule has 0 bridgehead atoms. The van der Waals surface area contributed by atoms with Crippen LogP contribution in [0.3, 0.4) is 0 Å². The molecule has 0 radical (unpaired) electrons. The summed E-state index contributed by atoms with van der Waals surface area (Å²) < 4.78 is 13.6. The minimum absolute atomic E-state index is 0.220. The van der Waals surface area contributed by atoms with Gasteiger partial charge in [-0.2, -0.15) is 0 Å². The van der Waals surface area contributed by atoms with Gasteiger partial charge in [0.05, 0.1) is 5.52 Å². The van der Waals surface area contributed by atoms with Crippen LogP contribution in [-0.2, 0) is 0 Å². The van der Waals surface area contributed by atoms with E-state index < -0.39 is 0 Å². The monoisotopic (exact) mass is 317 g/mol. The molecule has 0 aliphatic heterocycles. The van der Waals surface area contributed by atoms with Gasteiger partial charge in [0.15, 0.2) is 0 Å². The molecule has 0 amide bonds. The maximum absolute atomic E-state index is 13.6. The fourth-order valence-electron chi connectivity index (χ4n) is 2.94. The molecule has 0 fully saturated rings. The van der Waals surface area contributed by atoms with E-state index in [0.717, 1.165) is 54.6 Å². The lowest BCUT2D eigenvalue weighted by atomic mass is 10.1. The summed E-state index contributed by atoms with van der Waals surface area (Å²) in [4.78, 5) is 6.82. The van der Waals surface area contributed by atoms with Gasteiger partial charge in [0.2, 0.25) is 0 Å². The zero-order chi connectivity index (χ0) is 16.8. The van der Waals surface area contributed by atoms with Gasteiger partial charge in [-0.3, -0.25) is 4.98 Å². The van der Waals surface area contributed by atoms with Crippen LogP contribution in [0, 0.1) is 12.7 Å². The summed E-state index contributed by atoms with van der Waals surface area (Å²) in [5.41, 5.74) is 2.89. The molecule has 23 heavy (non-hydrogen) atoms. The largest absolute Gasteiger partial charge is 0.382 e. The van der Waals surface area contributed by atoms with E-state index >= 15 is 0 Å². The summed E-state index contributed by atoms with van der Waals surface area (Å²) in [6, 6.07) is 5.11. The van der Waals surface area contributed by atoms with Crippen molar-refractivity contribution < 1.29 is 4.39 Å². The Morgan fingerprint density at radius 2 is 2.00 bits per heavy atom. The van der Waals surface area contributed by atoms with Crippen molar-refractivity contribution in [2.75, 3.05) is 25.0 Å². The van der Waals surface area contributed by atoms with Crippen LogP contribution in [0.4, 0.5) is 10.1 Å². The number of rotatable bonds is 8. The van der Waals surface area contributed by atoms with E-state index in [9.17, 15) is 4.39 Å². The van der Waals surface area contributed by atoms with Crippen LogP contribution in [-0.4, -0.2) is 35.6 Å². The van der Waals surface area contributed by atoms with Gasteiger partial charge in [0.25, 0.3) is 0 Å². The molecule has 2 rings (SSSR count). The highest BCUT2D eigenvalue weighted by atomic mass is 19.1. The summed E-state index contributed by atoms with van der Waals surface area (Å²) >= 11 is 0. The van der Waals surface area contributed by atoms with Crippen molar-refractivity contribution in [3.8, 4) is 0 Å². The second-order valence-electron chi connectivity index (χ2n) is 6.19. The van der Waals surface area contributed by atoms with Crippen LogP contribution in [0.2, 0.25) is 0 Å². The molecule has 4 heteroatoms. The van der Waals surface area contributed by atoms with E-state index in [0.29, 0.717) is 6.04 Å². The van der Waals surface area contributed by atoms with Crippen LogP contribution in [0.15, 0.2) is 24.4 Å². The molecular weight excluding hydrogens is 289 g/mol. The highest BCUT2D eigenvalue weighted by molar-refractivity contribution is 5.92. The molecule has 1 N–H and O–H groups in total. The van der Waals surface area contributed by atoms with Crippen LogP contribution >= 0.6 is 0 Å². The molecule has 1 atom stereocenters. The minimum atomic E-state index is -0.220. The minimum Gasteiger partial charge on any atom is -0.382 e. The SMILES string of the molecule is CCN(CC)CCCC(C)Nc1c(C)cnc2ccc(F)cc12. The fourth-order valence-corrected chi connectivity index (χ4v) is 2.94. The summed E-state index contributed by atoms with van der Waals surface area (Å²) in [6.07, 6.45) is 4.10. The number of aromatic nitrogens is 1. The van der Waals surface area contributed by atoms with Gasteiger partial charge in [-0.15, -0.1) is 0 Å². The van der Waals surface area contributed by atoms with Crippen molar-refractivity contribution in [2.24, 2.45) is 0 Å². The maximum atomic E-state index is 13.6. The average Bonchev–Trinajstić information content (AvgIpc) is 2.54. The van der Waals surface area contributed by atoms with Gasteiger partial charge in [0.1, 0.15) is 5.82 Å². The average molecular weight is 317 g/mol. The highest BCUT2D eigenvalue weighted by Gasteiger charge is 2.10. The molecule has 1 unspecified atom stereocenters. The number of aryl methyl sites for hydroxylation is 1. The van der Waals surface area contributed by atoms with Gasteiger partial charge in [-0.05, 0) is 70.1 Å². The molecule has 1 aromatic carbocycles. The van der Waals surface area contributed by atoms with Gasteiger partial charge in [-0.1, -0.05) is 13.8 Å². The second kappa shape index (κ2) is 8.25. The highest BCUT2D eigenvalue weighted by Crippen LogP contribution is 2.27. The number of halogens is 1. The van der Waals surface area contributed by atoms with Crippen molar-refractivity contribution in [2.45, 2.75) is 46.6 Å². The third kappa shape index (κ3) is 4.64. The Bertz CT molecular complexity index is 633. The molecule has 0 saturated carbocycles. The van der Waals surface area contributed by atoms with Crippen LogP contribution < -0.4 is 5.32 Å². The number of nitrogens with one attached hydrogen (secondary N) is 1. The Hall–Kier alpha value is -1.68. The van der Waals surface area contributed by atoms with E-state index in [1.54, 1.807) is 12.1 Å². The Balaban J connectivity index is 2.06. The summed E-state index contributed by atoms with van der Waals surface area (Å²) in [5.74, 6) is -0.220. The summed E-state index contributed by atoms with van der Waals surface area (Å²) in [7, 11) is 0. The molecule has 3 nitrogen and oxygen atoms in total. The first-order chi connectivity index (χ1) is 11.0. The summed E-state index contributed by atoms with van der Waals surface area (Å²) in [5, 5.41) is 4.43. The first kappa shape index (κ1) is 17.7. The predicted octanol–water partition coefficient (Wildman–Crippen LogP) is 4.60. The van der Waals surface area contributed by atoms with Crippen molar-refractivity contribution in [3.63, 3.8) is 0 Å². The lowest BCUT2D eigenvalue weighted by Gasteiger charge is -2.21. The molecule has 1 aromatic heterocycles. The first-order valence-corrected chi connectivity index (χ1v) is 8.58. The van der Waals surface area contributed by atoms with Gasteiger partial charge < -0.3 is 10.2 Å². The zero-order valence-corrected chi connectivity index (χ0v) is 14.7. The Kier molecular flexibility index (Phi) is 6.34. The lowest BCUT2D eigenvalue weighted by Crippen LogP contribution is -2.25. The van der Waals surface area contributed by atoms with Crippen molar-refractivity contribution >= 4 is 16.6 Å². The topological polar surface area (TPSA) is 28.2 Å². The summed E-state index contributed by atoms with van der Waals surface area (Å²) in [6.45, 7) is 11.9. The normalized spacial score (nSPS) is 12.8. The smallest absolute Gasteiger partial charge is 0.124 e. The van der Waals surface area contributed by atoms with E-state index in [2.05, 4.69) is 36.0 Å². The van der Waals surface area contributed by atoms with E-state index in [1.165, 1.54) is 6.07 Å². The maximum Gasteiger partial charge on any atom is 0.124 e. The van der Waals surface area contributed by atoms with E-state index in [1.807, 2.05) is 13.1 Å². The molecule has 0 spiro atoms. The standard InChI is InChI=1S/C19H28FN3/c1-5-23(6-2)11-7-8-15(4)22-19-14(3)13-21-18-10-9-16(20)12-17(18)19/h9-10,12-13,15H,5-8,11H2,1-4H3,(H,21,22). The molecule has 0 saturated heterocycles. The second-order valence-corrected chi connectivity index (χ2v) is 6.19. The Morgan fingerprint density at radius 3 is 2.70 bits per heavy atom. The lowest BCUT2D eigenvalue weighted by molar-refractivity contribution is 0.295. The fraction of sp³-hybridized carbons (Fsp3) is 0.526. The number of benzene rings is 1. The van der Waals surface area contributed by atoms with Crippen molar-refractivity contribution in [1.29, 1.82) is 0 Å². The number of hydrogen-bond acceptors (Lipinski definition) is 3. The van der Waals surface area contributed by atoms with Gasteiger partial charge in [0, 0.05) is 23.3 Å².